The molecule has 0 saturated carbocycles. The van der Waals surface area contributed by atoms with Gasteiger partial charge in [0.25, 0.3) is 10.0 Å². The average Bonchev–Trinajstić information content (AvgIpc) is 3.18. The van der Waals surface area contributed by atoms with Gasteiger partial charge >= 0.3 is 0 Å². The SMILES string of the molecule is O=S(=O)(Nc1ccccn1)c1cc(-c2[nH]ncc2Oc2ccccc2Cl)c(O)cc1O. The number of rotatable bonds is 6. The summed E-state index contributed by atoms with van der Waals surface area (Å²) in [6, 6.07) is 13.5. The second-order valence-corrected chi connectivity index (χ2v) is 8.36. The lowest BCUT2D eigenvalue weighted by molar-refractivity contribution is 0.440. The Morgan fingerprint density at radius 2 is 1.77 bits per heavy atom. The van der Waals surface area contributed by atoms with Gasteiger partial charge in [-0.3, -0.25) is 9.82 Å². The molecule has 0 radical (unpaired) electrons. The molecule has 9 nitrogen and oxygen atoms in total. The molecule has 2 aromatic carbocycles. The van der Waals surface area contributed by atoms with Gasteiger partial charge in [-0.05, 0) is 30.3 Å². The number of hydrogen-bond donors (Lipinski definition) is 4. The van der Waals surface area contributed by atoms with Gasteiger partial charge in [0.15, 0.2) is 5.75 Å². The largest absolute Gasteiger partial charge is 0.507 e. The van der Waals surface area contributed by atoms with Crippen LogP contribution in [0, 0.1) is 0 Å². The van der Waals surface area contributed by atoms with E-state index in [2.05, 4.69) is 19.9 Å². The fourth-order valence-corrected chi connectivity index (χ4v) is 4.07. The van der Waals surface area contributed by atoms with Crippen LogP contribution in [0.15, 0.2) is 71.9 Å². The van der Waals surface area contributed by atoms with E-state index in [0.717, 1.165) is 12.1 Å². The molecular weight excluding hydrogens is 444 g/mol. The number of anilines is 1. The van der Waals surface area contributed by atoms with Gasteiger partial charge in [-0.25, -0.2) is 13.4 Å². The van der Waals surface area contributed by atoms with Crippen LogP contribution in [0.25, 0.3) is 11.3 Å². The van der Waals surface area contributed by atoms with E-state index in [-0.39, 0.29) is 28.6 Å². The molecule has 0 saturated heterocycles. The number of H-pyrrole nitrogens is 1. The van der Waals surface area contributed by atoms with Gasteiger partial charge in [-0.2, -0.15) is 5.10 Å². The first-order valence-corrected chi connectivity index (χ1v) is 10.7. The fraction of sp³-hybridized carbons (Fsp3) is 0. The first-order chi connectivity index (χ1) is 14.8. The lowest BCUT2D eigenvalue weighted by atomic mass is 10.1. The van der Waals surface area contributed by atoms with Crippen LogP contribution in [-0.2, 0) is 10.0 Å². The van der Waals surface area contributed by atoms with Gasteiger partial charge in [0.05, 0.1) is 11.2 Å². The number of aromatic hydroxyl groups is 2. The quantitative estimate of drug-likeness (QED) is 0.341. The number of pyridine rings is 1. The van der Waals surface area contributed by atoms with E-state index in [1.807, 2.05) is 0 Å². The molecule has 158 valence electrons. The maximum absolute atomic E-state index is 12.8. The Hall–Kier alpha value is -3.76. The minimum absolute atomic E-state index is 0.0405. The molecule has 0 spiro atoms. The van der Waals surface area contributed by atoms with E-state index in [4.69, 9.17) is 16.3 Å². The Morgan fingerprint density at radius 1 is 1.00 bits per heavy atom. The number of ether oxygens (including phenoxy) is 1. The summed E-state index contributed by atoms with van der Waals surface area (Å²) in [5.41, 5.74) is 0.227. The highest BCUT2D eigenvalue weighted by Crippen LogP contribution is 2.41. The molecule has 0 aliphatic carbocycles. The van der Waals surface area contributed by atoms with Crippen molar-refractivity contribution in [3.8, 4) is 34.3 Å². The summed E-state index contributed by atoms with van der Waals surface area (Å²) in [6.07, 6.45) is 2.77. The van der Waals surface area contributed by atoms with Crippen LogP contribution in [0.2, 0.25) is 5.02 Å². The number of phenols is 2. The van der Waals surface area contributed by atoms with Gasteiger partial charge in [0, 0.05) is 17.8 Å². The summed E-state index contributed by atoms with van der Waals surface area (Å²) in [4.78, 5) is 3.44. The van der Waals surface area contributed by atoms with Crippen LogP contribution in [0.1, 0.15) is 0 Å². The van der Waals surface area contributed by atoms with Gasteiger partial charge in [-0.1, -0.05) is 29.8 Å². The van der Waals surface area contributed by atoms with E-state index >= 15 is 0 Å². The van der Waals surface area contributed by atoms with Crippen molar-refractivity contribution in [2.45, 2.75) is 4.90 Å². The molecular formula is C20H15ClN4O5S. The van der Waals surface area contributed by atoms with Crippen molar-refractivity contribution in [2.24, 2.45) is 0 Å². The summed E-state index contributed by atoms with van der Waals surface area (Å²) in [5, 5.41) is 27.5. The van der Waals surface area contributed by atoms with Crippen molar-refractivity contribution >= 4 is 27.4 Å². The molecule has 2 heterocycles. The minimum Gasteiger partial charge on any atom is -0.507 e. The molecule has 11 heteroatoms. The van der Waals surface area contributed by atoms with Crippen LogP contribution in [-0.4, -0.2) is 33.8 Å². The number of benzene rings is 2. The number of para-hydroxylation sites is 1. The predicted octanol–water partition coefficient (Wildman–Crippen LogP) is 4.13. The number of nitrogens with zero attached hydrogens (tertiary/aromatic N) is 2. The number of aromatic nitrogens is 3. The fourth-order valence-electron chi connectivity index (χ4n) is 2.78. The van der Waals surface area contributed by atoms with Crippen molar-refractivity contribution in [2.75, 3.05) is 4.72 Å². The van der Waals surface area contributed by atoms with Crippen molar-refractivity contribution < 1.29 is 23.4 Å². The van der Waals surface area contributed by atoms with Crippen LogP contribution in [0.4, 0.5) is 5.82 Å². The number of hydrogen-bond acceptors (Lipinski definition) is 7. The van der Waals surface area contributed by atoms with Gasteiger partial charge < -0.3 is 14.9 Å². The lowest BCUT2D eigenvalue weighted by Gasteiger charge is -2.13. The molecule has 4 rings (SSSR count). The average molecular weight is 459 g/mol. The second kappa shape index (κ2) is 8.17. The molecule has 0 fully saturated rings. The van der Waals surface area contributed by atoms with Gasteiger partial charge in [-0.15, -0.1) is 0 Å². The Morgan fingerprint density at radius 3 is 2.52 bits per heavy atom. The van der Waals surface area contributed by atoms with Crippen LogP contribution in [0.5, 0.6) is 23.0 Å². The first kappa shape index (κ1) is 20.5. The zero-order chi connectivity index (χ0) is 22.0. The predicted molar refractivity (Wildman–Crippen MR) is 114 cm³/mol. The molecule has 0 unspecified atom stereocenters. The molecule has 2 aromatic heterocycles. The highest BCUT2D eigenvalue weighted by molar-refractivity contribution is 7.92. The Balaban J connectivity index is 1.75. The standard InChI is InChI=1S/C20H15ClN4O5S/c21-13-5-1-2-6-16(13)30-17-11-23-24-20(17)12-9-18(15(27)10-14(12)26)31(28,29)25-19-7-3-4-8-22-19/h1-11,26-27H,(H,22,25)(H,23,24). The molecule has 0 aliphatic heterocycles. The molecule has 0 atom stereocenters. The van der Waals surface area contributed by atoms with Crippen LogP contribution in [0.3, 0.4) is 0 Å². The third-order valence-corrected chi connectivity index (χ3v) is 5.90. The molecule has 4 aromatic rings. The zero-order valence-electron chi connectivity index (χ0n) is 15.7. The van der Waals surface area contributed by atoms with E-state index in [0.29, 0.717) is 10.8 Å². The molecule has 0 aliphatic rings. The van der Waals surface area contributed by atoms with E-state index in [1.165, 1.54) is 18.5 Å². The van der Waals surface area contributed by atoms with Crippen LogP contribution >= 0.6 is 11.6 Å². The molecule has 4 N–H and O–H groups in total. The summed E-state index contributed by atoms with van der Waals surface area (Å²) in [7, 11) is -4.22. The van der Waals surface area contributed by atoms with Crippen molar-refractivity contribution in [1.82, 2.24) is 15.2 Å². The monoisotopic (exact) mass is 458 g/mol. The highest BCUT2D eigenvalue weighted by Gasteiger charge is 2.24. The molecule has 0 bridgehead atoms. The minimum atomic E-state index is -4.22. The summed E-state index contributed by atoms with van der Waals surface area (Å²) in [5.74, 6) is -0.425. The number of halogens is 1. The lowest BCUT2D eigenvalue weighted by Crippen LogP contribution is -2.14. The number of phenolic OH excluding ortho intramolecular Hbond substituents is 2. The Labute approximate surface area is 182 Å². The third-order valence-electron chi connectivity index (χ3n) is 4.20. The highest BCUT2D eigenvalue weighted by atomic mass is 35.5. The van der Waals surface area contributed by atoms with Crippen LogP contribution < -0.4 is 9.46 Å². The second-order valence-electron chi connectivity index (χ2n) is 6.30. The maximum atomic E-state index is 12.8. The third kappa shape index (κ3) is 4.25. The molecule has 0 amide bonds. The van der Waals surface area contributed by atoms with E-state index in [9.17, 15) is 18.6 Å². The Bertz CT molecular complexity index is 1340. The number of nitrogens with one attached hydrogen (secondary N) is 2. The first-order valence-electron chi connectivity index (χ1n) is 8.81. The normalized spacial score (nSPS) is 11.3. The zero-order valence-corrected chi connectivity index (χ0v) is 17.2. The molecule has 31 heavy (non-hydrogen) atoms. The van der Waals surface area contributed by atoms with Crippen molar-refractivity contribution in [3.63, 3.8) is 0 Å². The van der Waals surface area contributed by atoms with Gasteiger partial charge in [0.2, 0.25) is 0 Å². The smallest absolute Gasteiger partial charge is 0.266 e. The van der Waals surface area contributed by atoms with E-state index in [1.54, 1.807) is 36.4 Å². The van der Waals surface area contributed by atoms with Crippen molar-refractivity contribution in [1.29, 1.82) is 0 Å². The van der Waals surface area contributed by atoms with Crippen molar-refractivity contribution in [3.05, 3.63) is 72.0 Å². The Kier molecular flexibility index (Phi) is 5.40. The van der Waals surface area contributed by atoms with Gasteiger partial charge in [0.1, 0.15) is 33.7 Å². The summed E-state index contributed by atoms with van der Waals surface area (Å²) >= 11 is 6.12. The van der Waals surface area contributed by atoms with E-state index < -0.39 is 20.7 Å². The number of sulfonamides is 1. The maximum Gasteiger partial charge on any atom is 0.266 e. The topological polar surface area (TPSA) is 137 Å². The number of aromatic amines is 1. The summed E-state index contributed by atoms with van der Waals surface area (Å²) in [6.45, 7) is 0. The summed E-state index contributed by atoms with van der Waals surface area (Å²) < 4.78 is 33.7.